The van der Waals surface area contributed by atoms with Crippen LogP contribution < -0.4 is 5.32 Å². The molecule has 0 spiro atoms. The first-order valence-electron chi connectivity index (χ1n) is 7.76. The molecule has 0 bridgehead atoms. The third-order valence-electron chi connectivity index (χ3n) is 3.50. The first kappa shape index (κ1) is 16.1. The zero-order valence-corrected chi connectivity index (χ0v) is 14.1. The lowest BCUT2D eigenvalue weighted by atomic mass is 10.1. The second kappa shape index (κ2) is 7.12. The van der Waals surface area contributed by atoms with Gasteiger partial charge in [0.25, 0.3) is 0 Å². The molecule has 0 saturated heterocycles. The molecule has 0 radical (unpaired) electrons. The summed E-state index contributed by atoms with van der Waals surface area (Å²) in [6.07, 6.45) is 5.43. The number of allylic oxidation sites excluding steroid dienone is 4. The molecule has 3 heteroatoms. The summed E-state index contributed by atoms with van der Waals surface area (Å²) in [5, 5.41) is 8.15. The minimum atomic E-state index is 0.992. The Morgan fingerprint density at radius 3 is 2.45 bits per heavy atom. The maximum atomic E-state index is 4.86. The van der Waals surface area contributed by atoms with Crippen molar-refractivity contribution < 1.29 is 0 Å². The van der Waals surface area contributed by atoms with Crippen LogP contribution in [0.3, 0.4) is 0 Å². The predicted octanol–water partition coefficient (Wildman–Crippen LogP) is 4.98. The fourth-order valence-electron chi connectivity index (χ4n) is 2.57. The second-order valence-electron chi connectivity index (χ2n) is 5.61. The number of aromatic nitrogens is 2. The number of anilines is 1. The summed E-state index contributed by atoms with van der Waals surface area (Å²) in [6.45, 7) is 8.51. The third-order valence-corrected chi connectivity index (χ3v) is 3.50. The van der Waals surface area contributed by atoms with Gasteiger partial charge in [0.15, 0.2) is 0 Å². The summed E-state index contributed by atoms with van der Waals surface area (Å²) in [6, 6.07) is 10.2. The molecule has 1 aromatic heterocycles. The molecule has 0 aliphatic rings. The van der Waals surface area contributed by atoms with Crippen molar-refractivity contribution in [3.63, 3.8) is 0 Å². The van der Waals surface area contributed by atoms with E-state index in [1.54, 1.807) is 0 Å². The van der Waals surface area contributed by atoms with E-state index in [-0.39, 0.29) is 0 Å². The van der Waals surface area contributed by atoms with Gasteiger partial charge in [-0.25, -0.2) is 4.68 Å². The SMILES string of the molecule is CC/C=C(\C=C(C)C)c1nn(-c2ccccc2)c(NC)c1C. The maximum Gasteiger partial charge on any atom is 0.133 e. The summed E-state index contributed by atoms with van der Waals surface area (Å²) in [7, 11) is 1.94. The lowest BCUT2D eigenvalue weighted by Gasteiger charge is -2.06. The molecule has 1 N–H and O–H groups in total. The summed E-state index contributed by atoms with van der Waals surface area (Å²) >= 11 is 0. The summed E-state index contributed by atoms with van der Waals surface area (Å²) < 4.78 is 1.98. The molecule has 0 amide bonds. The minimum Gasteiger partial charge on any atom is -0.373 e. The molecule has 0 aliphatic carbocycles. The average molecular weight is 295 g/mol. The van der Waals surface area contributed by atoms with Gasteiger partial charge in [-0.15, -0.1) is 0 Å². The summed E-state index contributed by atoms with van der Waals surface area (Å²) in [5.41, 5.74) is 5.74. The number of benzene rings is 1. The minimum absolute atomic E-state index is 0.992. The Bertz CT molecular complexity index is 687. The number of hydrogen-bond acceptors (Lipinski definition) is 2. The molecule has 0 aliphatic heterocycles. The van der Waals surface area contributed by atoms with Gasteiger partial charge in [0.05, 0.1) is 11.4 Å². The zero-order chi connectivity index (χ0) is 16.1. The van der Waals surface area contributed by atoms with Gasteiger partial charge in [0.1, 0.15) is 5.82 Å². The van der Waals surface area contributed by atoms with Gasteiger partial charge >= 0.3 is 0 Å². The monoisotopic (exact) mass is 295 g/mol. The van der Waals surface area contributed by atoms with E-state index in [0.717, 1.165) is 23.6 Å². The molecule has 0 fully saturated rings. The zero-order valence-electron chi connectivity index (χ0n) is 14.1. The highest BCUT2D eigenvalue weighted by Gasteiger charge is 2.16. The largest absolute Gasteiger partial charge is 0.373 e. The lowest BCUT2D eigenvalue weighted by molar-refractivity contribution is 0.878. The van der Waals surface area contributed by atoms with E-state index < -0.39 is 0 Å². The van der Waals surface area contributed by atoms with Crippen LogP contribution in [-0.2, 0) is 0 Å². The number of rotatable bonds is 5. The molecule has 1 aromatic carbocycles. The highest BCUT2D eigenvalue weighted by Crippen LogP contribution is 2.28. The van der Waals surface area contributed by atoms with Crippen molar-refractivity contribution in [3.8, 4) is 5.69 Å². The van der Waals surface area contributed by atoms with Gasteiger partial charge in [0, 0.05) is 12.6 Å². The van der Waals surface area contributed by atoms with Crippen molar-refractivity contribution in [1.29, 1.82) is 0 Å². The summed E-state index contributed by atoms with van der Waals surface area (Å²) in [5.74, 6) is 1.03. The Morgan fingerprint density at radius 2 is 1.91 bits per heavy atom. The van der Waals surface area contributed by atoms with Crippen LogP contribution in [0, 0.1) is 6.92 Å². The molecular formula is C19H25N3. The number of nitrogens with zero attached hydrogens (tertiary/aromatic N) is 2. The van der Waals surface area contributed by atoms with Crippen molar-refractivity contribution in [2.75, 3.05) is 12.4 Å². The van der Waals surface area contributed by atoms with E-state index in [0.29, 0.717) is 0 Å². The Labute approximate surface area is 133 Å². The van der Waals surface area contributed by atoms with Gasteiger partial charge in [-0.2, -0.15) is 5.10 Å². The van der Waals surface area contributed by atoms with Gasteiger partial charge in [0.2, 0.25) is 0 Å². The van der Waals surface area contributed by atoms with Gasteiger partial charge in [-0.1, -0.05) is 42.8 Å². The van der Waals surface area contributed by atoms with Crippen molar-refractivity contribution in [2.45, 2.75) is 34.1 Å². The van der Waals surface area contributed by atoms with Crippen molar-refractivity contribution in [1.82, 2.24) is 9.78 Å². The fraction of sp³-hybridized carbons (Fsp3) is 0.316. The van der Waals surface area contributed by atoms with E-state index in [1.165, 1.54) is 16.7 Å². The molecule has 22 heavy (non-hydrogen) atoms. The third kappa shape index (κ3) is 3.30. The first-order chi connectivity index (χ1) is 10.6. The number of para-hydroxylation sites is 1. The standard InChI is InChI=1S/C19H25N3/c1-6-10-16(13-14(2)3)18-15(4)19(20-5)22(21-18)17-11-8-7-9-12-17/h7-13,20H,6H2,1-5H3/b16-10+. The van der Waals surface area contributed by atoms with E-state index in [2.05, 4.69) is 57.3 Å². The first-order valence-corrected chi connectivity index (χ1v) is 7.76. The van der Waals surface area contributed by atoms with Crippen LogP contribution in [0.15, 0.2) is 48.1 Å². The average Bonchev–Trinajstić information content (AvgIpc) is 2.84. The van der Waals surface area contributed by atoms with Crippen molar-refractivity contribution >= 4 is 11.4 Å². The van der Waals surface area contributed by atoms with E-state index in [1.807, 2.05) is 29.9 Å². The quantitative estimate of drug-likeness (QED) is 0.788. The second-order valence-corrected chi connectivity index (χ2v) is 5.61. The molecule has 0 atom stereocenters. The molecule has 2 rings (SSSR count). The van der Waals surface area contributed by atoms with Crippen LogP contribution in [0.25, 0.3) is 11.3 Å². The van der Waals surface area contributed by atoms with Crippen LogP contribution in [0.4, 0.5) is 5.82 Å². The topological polar surface area (TPSA) is 29.9 Å². The highest BCUT2D eigenvalue weighted by atomic mass is 15.3. The van der Waals surface area contributed by atoms with Crippen LogP contribution in [0.2, 0.25) is 0 Å². The van der Waals surface area contributed by atoms with Crippen LogP contribution in [0.1, 0.15) is 38.4 Å². The molecule has 3 nitrogen and oxygen atoms in total. The predicted molar refractivity (Wildman–Crippen MR) is 95.5 cm³/mol. The molecule has 0 saturated carbocycles. The van der Waals surface area contributed by atoms with Crippen molar-refractivity contribution in [3.05, 3.63) is 59.3 Å². The van der Waals surface area contributed by atoms with Crippen LogP contribution in [-0.4, -0.2) is 16.8 Å². The number of hydrogen-bond donors (Lipinski definition) is 1. The number of nitrogens with one attached hydrogen (secondary N) is 1. The Hall–Kier alpha value is -2.29. The molecule has 0 unspecified atom stereocenters. The maximum absolute atomic E-state index is 4.86. The van der Waals surface area contributed by atoms with Crippen LogP contribution >= 0.6 is 0 Å². The Balaban J connectivity index is 2.62. The van der Waals surface area contributed by atoms with E-state index in [4.69, 9.17) is 5.10 Å². The smallest absolute Gasteiger partial charge is 0.133 e. The fourth-order valence-corrected chi connectivity index (χ4v) is 2.57. The lowest BCUT2D eigenvalue weighted by Crippen LogP contribution is -2.02. The highest BCUT2D eigenvalue weighted by molar-refractivity contribution is 5.77. The Morgan fingerprint density at radius 1 is 1.23 bits per heavy atom. The van der Waals surface area contributed by atoms with Gasteiger partial charge in [-0.3, -0.25) is 0 Å². The van der Waals surface area contributed by atoms with Crippen molar-refractivity contribution in [2.24, 2.45) is 0 Å². The molecular weight excluding hydrogens is 270 g/mol. The van der Waals surface area contributed by atoms with E-state index in [9.17, 15) is 0 Å². The summed E-state index contributed by atoms with van der Waals surface area (Å²) in [4.78, 5) is 0. The molecule has 116 valence electrons. The van der Waals surface area contributed by atoms with Gasteiger partial charge < -0.3 is 5.32 Å². The van der Waals surface area contributed by atoms with E-state index >= 15 is 0 Å². The normalized spacial score (nSPS) is 11.4. The molecule has 2 aromatic rings. The van der Waals surface area contributed by atoms with Gasteiger partial charge in [-0.05, 0) is 44.9 Å². The van der Waals surface area contributed by atoms with Crippen LogP contribution in [0.5, 0.6) is 0 Å². The Kier molecular flexibility index (Phi) is 5.21. The molecule has 1 heterocycles.